The van der Waals surface area contributed by atoms with E-state index in [1.165, 1.54) is 6.07 Å². The Morgan fingerprint density at radius 3 is 2.73 bits per heavy atom. The molecule has 0 aromatic heterocycles. The van der Waals surface area contributed by atoms with Crippen molar-refractivity contribution in [3.05, 3.63) is 34.4 Å². The van der Waals surface area contributed by atoms with Crippen molar-refractivity contribution in [1.82, 2.24) is 0 Å². The second-order valence-corrected chi connectivity index (χ2v) is 5.24. The lowest BCUT2D eigenvalue weighted by molar-refractivity contribution is -0.493. The van der Waals surface area contributed by atoms with E-state index in [4.69, 9.17) is 0 Å². The summed E-state index contributed by atoms with van der Waals surface area (Å²) in [6.45, 7) is -0.188. The smallest absolute Gasteiger partial charge is 0.331 e. The Hall–Kier alpha value is -1.63. The Balaban J connectivity index is 2.60. The number of rotatable bonds is 1. The molecule has 1 aliphatic rings. The fraction of sp³-hybridized carbons (Fsp3) is 0.250. The summed E-state index contributed by atoms with van der Waals surface area (Å²) in [5, 5.41) is 11.7. The number of nitro groups is 1. The van der Waals surface area contributed by atoms with Crippen LogP contribution in [0, 0.1) is 10.1 Å². The van der Waals surface area contributed by atoms with Crippen LogP contribution < -0.4 is 5.32 Å². The summed E-state index contributed by atoms with van der Waals surface area (Å²) in [6, 6.07) is 6.17. The summed E-state index contributed by atoms with van der Waals surface area (Å²) in [4.78, 5) is 9.78. The quantitative estimate of drug-likeness (QED) is 0.558. The highest BCUT2D eigenvalue weighted by Gasteiger charge is 2.42. The number of hydrogen-bond donors (Lipinski definition) is 1. The van der Waals surface area contributed by atoms with Gasteiger partial charge in [-0.2, -0.15) is 0 Å². The highest BCUT2D eigenvalue weighted by molar-refractivity contribution is 7.92. The van der Waals surface area contributed by atoms with Gasteiger partial charge in [-0.25, -0.2) is 8.42 Å². The molecule has 1 N–H and O–H groups in total. The van der Waals surface area contributed by atoms with E-state index in [9.17, 15) is 18.5 Å². The zero-order chi connectivity index (χ0) is 11.1. The molecular weight excluding hydrogens is 220 g/mol. The van der Waals surface area contributed by atoms with Crippen molar-refractivity contribution in [1.29, 1.82) is 0 Å². The maximum absolute atomic E-state index is 11.8. The summed E-state index contributed by atoms with van der Waals surface area (Å²) >= 11 is 0. The summed E-state index contributed by atoms with van der Waals surface area (Å²) in [5.41, 5.74) is 0.426. The van der Waals surface area contributed by atoms with Gasteiger partial charge in [0.2, 0.25) is 0 Å². The second-order valence-electron chi connectivity index (χ2n) is 3.16. The molecule has 80 valence electrons. The molecule has 0 radical (unpaired) electrons. The number of fused-ring (bicyclic) bond motifs is 1. The Morgan fingerprint density at radius 2 is 2.07 bits per heavy atom. The normalized spacial score (nSPS) is 22.5. The molecule has 0 spiro atoms. The van der Waals surface area contributed by atoms with E-state index in [-0.39, 0.29) is 11.4 Å². The van der Waals surface area contributed by atoms with E-state index in [0.717, 1.165) is 0 Å². The van der Waals surface area contributed by atoms with Gasteiger partial charge in [-0.05, 0) is 12.1 Å². The third-order valence-corrected chi connectivity index (χ3v) is 4.28. The molecule has 1 aliphatic heterocycles. The Kier molecular flexibility index (Phi) is 2.11. The molecule has 0 amide bonds. The van der Waals surface area contributed by atoms with Crippen LogP contribution >= 0.6 is 0 Å². The third kappa shape index (κ3) is 1.44. The van der Waals surface area contributed by atoms with Gasteiger partial charge in [-0.15, -0.1) is 0 Å². The fourth-order valence-electron chi connectivity index (χ4n) is 1.50. The van der Waals surface area contributed by atoms with E-state index >= 15 is 0 Å². The first kappa shape index (κ1) is 9.91. The molecule has 0 bridgehead atoms. The molecular formula is C8H8N2O4S. The lowest BCUT2D eigenvalue weighted by Gasteiger charge is -2.20. The lowest BCUT2D eigenvalue weighted by Crippen LogP contribution is -2.40. The molecule has 1 heterocycles. The Labute approximate surface area is 86.0 Å². The number of anilines is 1. The van der Waals surface area contributed by atoms with Gasteiger partial charge in [0.25, 0.3) is 9.84 Å². The zero-order valence-electron chi connectivity index (χ0n) is 7.58. The minimum absolute atomic E-state index is 0.00190. The minimum atomic E-state index is -3.84. The number of sulfone groups is 1. The number of para-hydroxylation sites is 1. The van der Waals surface area contributed by atoms with Gasteiger partial charge in [-0.1, -0.05) is 12.1 Å². The molecule has 0 saturated heterocycles. The van der Waals surface area contributed by atoms with Gasteiger partial charge in [-0.3, -0.25) is 10.1 Å². The first-order valence-corrected chi connectivity index (χ1v) is 5.78. The monoisotopic (exact) mass is 228 g/mol. The molecule has 6 nitrogen and oxygen atoms in total. The minimum Gasteiger partial charge on any atom is -0.376 e. The average molecular weight is 228 g/mol. The van der Waals surface area contributed by atoms with Gasteiger partial charge in [0, 0.05) is 4.92 Å². The molecule has 1 aromatic rings. The van der Waals surface area contributed by atoms with Crippen LogP contribution in [0.4, 0.5) is 5.69 Å². The molecule has 2 rings (SSSR count). The van der Waals surface area contributed by atoms with Crippen molar-refractivity contribution in [3.8, 4) is 0 Å². The predicted molar refractivity (Wildman–Crippen MR) is 52.9 cm³/mol. The molecule has 0 fully saturated rings. The summed E-state index contributed by atoms with van der Waals surface area (Å²) in [6.07, 6.45) is 0. The standard InChI is InChI=1S/C8H8N2O4S/c11-10(12)8-5-9-6-3-1-2-4-7(6)15(8,13)14/h1-4,8-9H,5H2. The van der Waals surface area contributed by atoms with E-state index in [2.05, 4.69) is 5.32 Å². The van der Waals surface area contributed by atoms with Gasteiger partial charge < -0.3 is 5.32 Å². The van der Waals surface area contributed by atoms with Gasteiger partial charge in [0.1, 0.15) is 0 Å². The van der Waals surface area contributed by atoms with Crippen molar-refractivity contribution in [2.24, 2.45) is 0 Å². The van der Waals surface area contributed by atoms with Crippen LogP contribution in [0.3, 0.4) is 0 Å². The number of hydrogen-bond acceptors (Lipinski definition) is 5. The Morgan fingerprint density at radius 1 is 1.40 bits per heavy atom. The van der Waals surface area contributed by atoms with E-state index < -0.39 is 20.1 Å². The van der Waals surface area contributed by atoms with Crippen molar-refractivity contribution in [2.45, 2.75) is 10.3 Å². The Bertz CT molecular complexity index is 511. The maximum atomic E-state index is 11.8. The zero-order valence-corrected chi connectivity index (χ0v) is 8.40. The van der Waals surface area contributed by atoms with Crippen LogP contribution in [0.25, 0.3) is 0 Å². The lowest BCUT2D eigenvalue weighted by atomic mass is 10.3. The molecule has 1 atom stereocenters. The van der Waals surface area contributed by atoms with Crippen LogP contribution in [-0.2, 0) is 9.84 Å². The van der Waals surface area contributed by atoms with Crippen LogP contribution in [-0.4, -0.2) is 25.3 Å². The van der Waals surface area contributed by atoms with E-state index in [0.29, 0.717) is 5.69 Å². The average Bonchev–Trinajstić information content (AvgIpc) is 2.17. The highest BCUT2D eigenvalue weighted by Crippen LogP contribution is 2.29. The predicted octanol–water partition coefficient (Wildman–Crippen LogP) is 0.489. The van der Waals surface area contributed by atoms with E-state index in [1.54, 1.807) is 18.2 Å². The van der Waals surface area contributed by atoms with Crippen molar-refractivity contribution in [2.75, 3.05) is 11.9 Å². The highest BCUT2D eigenvalue weighted by atomic mass is 32.2. The van der Waals surface area contributed by atoms with Crippen molar-refractivity contribution >= 4 is 15.5 Å². The molecule has 15 heavy (non-hydrogen) atoms. The topological polar surface area (TPSA) is 89.3 Å². The van der Waals surface area contributed by atoms with E-state index in [1.807, 2.05) is 0 Å². The second kappa shape index (κ2) is 3.20. The largest absolute Gasteiger partial charge is 0.376 e. The number of nitrogens with one attached hydrogen (secondary N) is 1. The molecule has 7 heteroatoms. The summed E-state index contributed by atoms with van der Waals surface area (Å²) in [7, 11) is -3.84. The van der Waals surface area contributed by atoms with Crippen molar-refractivity contribution in [3.63, 3.8) is 0 Å². The molecule has 1 aromatic carbocycles. The van der Waals surface area contributed by atoms with Crippen molar-refractivity contribution < 1.29 is 13.3 Å². The number of nitrogens with zero attached hydrogens (tertiary/aromatic N) is 1. The van der Waals surface area contributed by atoms with Gasteiger partial charge >= 0.3 is 5.37 Å². The third-order valence-electron chi connectivity index (χ3n) is 2.25. The van der Waals surface area contributed by atoms with Crippen LogP contribution in [0.15, 0.2) is 29.2 Å². The first-order valence-electron chi connectivity index (χ1n) is 4.24. The summed E-state index contributed by atoms with van der Waals surface area (Å²) in [5.74, 6) is 0. The van der Waals surface area contributed by atoms with Crippen LogP contribution in [0.1, 0.15) is 0 Å². The molecule has 1 unspecified atom stereocenters. The first-order chi connectivity index (χ1) is 7.03. The van der Waals surface area contributed by atoms with Gasteiger partial charge in [0.05, 0.1) is 17.1 Å². The van der Waals surface area contributed by atoms with Crippen LogP contribution in [0.2, 0.25) is 0 Å². The molecule has 0 saturated carbocycles. The number of benzene rings is 1. The van der Waals surface area contributed by atoms with Gasteiger partial charge in [0.15, 0.2) is 0 Å². The maximum Gasteiger partial charge on any atom is 0.331 e. The molecule has 0 aliphatic carbocycles. The SMILES string of the molecule is O=[N+]([O-])C1CNc2ccccc2S1(=O)=O. The summed E-state index contributed by atoms with van der Waals surface area (Å²) < 4.78 is 23.5. The van der Waals surface area contributed by atoms with Crippen LogP contribution in [0.5, 0.6) is 0 Å². The fourth-order valence-corrected chi connectivity index (χ4v) is 3.04.